The van der Waals surface area contributed by atoms with Crippen molar-refractivity contribution in [1.82, 2.24) is 10.2 Å². The van der Waals surface area contributed by atoms with E-state index in [1.807, 2.05) is 0 Å². The zero-order valence-electron chi connectivity index (χ0n) is 13.2. The highest BCUT2D eigenvalue weighted by atomic mass is 32.2. The van der Waals surface area contributed by atoms with Crippen molar-refractivity contribution in [3.05, 3.63) is 29.8 Å². The molecule has 24 heavy (non-hydrogen) atoms. The predicted octanol–water partition coefficient (Wildman–Crippen LogP) is 4.83. The number of unbranched alkanes of at least 4 members (excludes halogenated alkanes) is 1. The molecule has 1 atom stereocenters. The minimum Gasteiger partial charge on any atom is -0.320 e. The first kappa shape index (κ1) is 19.1. The smallest absolute Gasteiger partial charge is 0.237 e. The highest BCUT2D eigenvalue weighted by Gasteiger charge is 2.20. The number of thioether (sulfide) groups is 2. The van der Waals surface area contributed by atoms with Crippen molar-refractivity contribution in [2.45, 2.75) is 40.6 Å². The summed E-state index contributed by atoms with van der Waals surface area (Å²) in [5.41, 5.74) is -0.428. The van der Waals surface area contributed by atoms with Crippen molar-refractivity contribution < 1.29 is 13.6 Å². The number of aromatic nitrogens is 2. The van der Waals surface area contributed by atoms with Crippen molar-refractivity contribution in [3.63, 3.8) is 0 Å². The number of hydrogen-bond donors (Lipinski definition) is 1. The third kappa shape index (κ3) is 5.42. The van der Waals surface area contributed by atoms with E-state index in [0.717, 1.165) is 35.1 Å². The van der Waals surface area contributed by atoms with Gasteiger partial charge in [0.05, 0.1) is 5.25 Å². The fourth-order valence-electron chi connectivity index (χ4n) is 1.65. The van der Waals surface area contributed by atoms with Gasteiger partial charge in [-0.25, -0.2) is 8.78 Å². The van der Waals surface area contributed by atoms with Crippen LogP contribution in [-0.4, -0.2) is 27.1 Å². The number of para-hydroxylation sites is 1. The minimum absolute atomic E-state index is 0.428. The molecule has 1 aromatic heterocycles. The summed E-state index contributed by atoms with van der Waals surface area (Å²) in [6.07, 6.45) is 2.23. The van der Waals surface area contributed by atoms with Crippen LogP contribution < -0.4 is 5.32 Å². The minimum atomic E-state index is -0.800. The maximum Gasteiger partial charge on any atom is 0.237 e. The number of carbonyl (C=O) groups is 1. The third-order valence-corrected chi connectivity index (χ3v) is 6.30. The summed E-state index contributed by atoms with van der Waals surface area (Å²) >= 11 is 4.27. The number of nitrogens with zero attached hydrogens (tertiary/aromatic N) is 2. The molecule has 0 bridgehead atoms. The zero-order chi connectivity index (χ0) is 17.5. The number of benzene rings is 1. The lowest BCUT2D eigenvalue weighted by atomic mass is 10.3. The molecule has 0 aliphatic heterocycles. The standard InChI is InChI=1S/C15H17F2N3OS3/c1-3-4-8-22-14-19-20-15(24-14)23-9(2)13(21)18-12-10(16)6-5-7-11(12)17/h5-7,9H,3-4,8H2,1-2H3,(H,18,21). The van der Waals surface area contributed by atoms with E-state index in [0.29, 0.717) is 4.34 Å². The van der Waals surface area contributed by atoms with Gasteiger partial charge in [-0.15, -0.1) is 10.2 Å². The Labute approximate surface area is 151 Å². The van der Waals surface area contributed by atoms with E-state index in [9.17, 15) is 13.6 Å². The summed E-state index contributed by atoms with van der Waals surface area (Å²) in [5, 5.41) is 9.85. The average Bonchev–Trinajstić information content (AvgIpc) is 2.98. The number of rotatable bonds is 8. The van der Waals surface area contributed by atoms with Gasteiger partial charge in [0.1, 0.15) is 17.3 Å². The quantitative estimate of drug-likeness (QED) is 0.518. The molecule has 2 rings (SSSR count). The molecule has 1 amide bonds. The Balaban J connectivity index is 1.92. The van der Waals surface area contributed by atoms with Gasteiger partial charge in [-0.1, -0.05) is 54.3 Å². The Hall–Kier alpha value is -1.19. The van der Waals surface area contributed by atoms with E-state index in [4.69, 9.17) is 0 Å². The summed E-state index contributed by atoms with van der Waals surface area (Å²) in [6, 6.07) is 3.44. The van der Waals surface area contributed by atoms with Gasteiger partial charge < -0.3 is 5.32 Å². The molecule has 0 fully saturated rings. The van der Waals surface area contributed by atoms with E-state index in [1.54, 1.807) is 18.7 Å². The second-order valence-corrected chi connectivity index (χ2v) is 8.79. The summed E-state index contributed by atoms with van der Waals surface area (Å²) in [7, 11) is 0. The van der Waals surface area contributed by atoms with Crippen LogP contribution in [0.15, 0.2) is 26.9 Å². The average molecular weight is 390 g/mol. The Morgan fingerprint density at radius 3 is 2.62 bits per heavy atom. The van der Waals surface area contributed by atoms with Crippen molar-refractivity contribution in [2.24, 2.45) is 0 Å². The molecule has 1 aromatic carbocycles. The number of nitrogens with one attached hydrogen (secondary N) is 1. The van der Waals surface area contributed by atoms with Crippen LogP contribution in [0, 0.1) is 11.6 Å². The molecule has 0 saturated heterocycles. The highest BCUT2D eigenvalue weighted by molar-refractivity contribution is 8.03. The van der Waals surface area contributed by atoms with Crippen LogP contribution >= 0.6 is 34.9 Å². The number of anilines is 1. The predicted molar refractivity (Wildman–Crippen MR) is 95.8 cm³/mol. The second kappa shape index (κ2) is 9.33. The van der Waals surface area contributed by atoms with E-state index < -0.39 is 28.5 Å². The van der Waals surface area contributed by atoms with E-state index in [-0.39, 0.29) is 0 Å². The molecule has 0 radical (unpaired) electrons. The van der Waals surface area contributed by atoms with Crippen LogP contribution in [0.1, 0.15) is 26.7 Å². The first-order chi connectivity index (χ1) is 11.5. The van der Waals surface area contributed by atoms with Crippen LogP contribution in [-0.2, 0) is 4.79 Å². The van der Waals surface area contributed by atoms with Gasteiger partial charge in [-0.2, -0.15) is 0 Å². The lowest BCUT2D eigenvalue weighted by molar-refractivity contribution is -0.115. The number of hydrogen-bond acceptors (Lipinski definition) is 6. The largest absolute Gasteiger partial charge is 0.320 e. The maximum absolute atomic E-state index is 13.6. The molecule has 2 aromatic rings. The van der Waals surface area contributed by atoms with Gasteiger partial charge in [0.25, 0.3) is 0 Å². The Bertz CT molecular complexity index is 676. The zero-order valence-corrected chi connectivity index (χ0v) is 15.7. The van der Waals surface area contributed by atoms with Gasteiger partial charge in [0.2, 0.25) is 5.91 Å². The molecule has 1 heterocycles. The first-order valence-corrected chi connectivity index (χ1v) is 10.1. The summed E-state index contributed by atoms with van der Waals surface area (Å²) < 4.78 is 28.7. The molecular formula is C15H17F2N3OS3. The van der Waals surface area contributed by atoms with Gasteiger partial charge in [-0.05, 0) is 25.5 Å². The summed E-state index contributed by atoms with van der Waals surface area (Å²) in [5.74, 6) is -1.10. The van der Waals surface area contributed by atoms with Crippen LogP contribution in [0.4, 0.5) is 14.5 Å². The molecular weight excluding hydrogens is 372 g/mol. The summed E-state index contributed by atoms with van der Waals surface area (Å²) in [6.45, 7) is 3.78. The number of carbonyl (C=O) groups excluding carboxylic acids is 1. The molecule has 0 aliphatic rings. The van der Waals surface area contributed by atoms with Gasteiger partial charge >= 0.3 is 0 Å². The fourth-order valence-corrected chi connectivity index (χ4v) is 4.97. The van der Waals surface area contributed by atoms with Crippen LogP contribution in [0.3, 0.4) is 0 Å². The molecule has 1 N–H and O–H groups in total. The number of halogens is 2. The van der Waals surface area contributed by atoms with Crippen molar-refractivity contribution in [3.8, 4) is 0 Å². The van der Waals surface area contributed by atoms with Crippen LogP contribution in [0.5, 0.6) is 0 Å². The van der Waals surface area contributed by atoms with Crippen molar-refractivity contribution in [2.75, 3.05) is 11.1 Å². The monoisotopic (exact) mass is 389 g/mol. The van der Waals surface area contributed by atoms with Crippen LogP contribution in [0.25, 0.3) is 0 Å². The highest BCUT2D eigenvalue weighted by Crippen LogP contribution is 2.32. The fraction of sp³-hybridized carbons (Fsp3) is 0.400. The molecule has 1 unspecified atom stereocenters. The van der Waals surface area contributed by atoms with E-state index in [2.05, 4.69) is 22.4 Å². The topological polar surface area (TPSA) is 54.9 Å². The lowest BCUT2D eigenvalue weighted by Crippen LogP contribution is -2.23. The van der Waals surface area contributed by atoms with Crippen molar-refractivity contribution in [1.29, 1.82) is 0 Å². The third-order valence-electron chi connectivity index (χ3n) is 2.97. The first-order valence-electron chi connectivity index (χ1n) is 7.39. The van der Waals surface area contributed by atoms with Crippen LogP contribution in [0.2, 0.25) is 0 Å². The Morgan fingerprint density at radius 2 is 1.96 bits per heavy atom. The van der Waals surface area contributed by atoms with Gasteiger partial charge in [-0.3, -0.25) is 4.79 Å². The molecule has 130 valence electrons. The molecule has 0 saturated carbocycles. The second-order valence-electron chi connectivity index (χ2n) is 4.88. The molecule has 9 heteroatoms. The van der Waals surface area contributed by atoms with Gasteiger partial charge in [0, 0.05) is 5.75 Å². The normalized spacial score (nSPS) is 12.2. The summed E-state index contributed by atoms with van der Waals surface area (Å²) in [4.78, 5) is 12.1. The van der Waals surface area contributed by atoms with Gasteiger partial charge in [0.15, 0.2) is 8.68 Å². The molecule has 0 aliphatic carbocycles. The lowest BCUT2D eigenvalue weighted by Gasteiger charge is -2.11. The Morgan fingerprint density at radius 1 is 1.29 bits per heavy atom. The maximum atomic E-state index is 13.6. The van der Waals surface area contributed by atoms with E-state index in [1.165, 1.54) is 29.2 Å². The molecule has 4 nitrogen and oxygen atoms in total. The van der Waals surface area contributed by atoms with Crippen molar-refractivity contribution >= 4 is 46.5 Å². The molecule has 0 spiro atoms. The number of amides is 1. The van der Waals surface area contributed by atoms with E-state index >= 15 is 0 Å². The Kier molecular flexibility index (Phi) is 7.44. The SMILES string of the molecule is CCCCSc1nnc(SC(C)C(=O)Nc2c(F)cccc2F)s1.